The molecule has 24 heavy (non-hydrogen) atoms. The Hall–Kier alpha value is -1.95. The van der Waals surface area contributed by atoms with Crippen molar-refractivity contribution in [1.29, 1.82) is 0 Å². The second kappa shape index (κ2) is 6.51. The van der Waals surface area contributed by atoms with Crippen LogP contribution in [0.25, 0.3) is 0 Å². The summed E-state index contributed by atoms with van der Waals surface area (Å²) in [5.41, 5.74) is 0.0653. The maximum absolute atomic E-state index is 13.9. The van der Waals surface area contributed by atoms with Crippen molar-refractivity contribution < 1.29 is 14.0 Å². The smallest absolute Gasteiger partial charge is 0.236 e. The van der Waals surface area contributed by atoms with Crippen molar-refractivity contribution in [3.8, 4) is 0 Å². The van der Waals surface area contributed by atoms with E-state index in [1.54, 1.807) is 12.1 Å². The van der Waals surface area contributed by atoms with E-state index in [0.29, 0.717) is 51.4 Å². The monoisotopic (exact) mass is 333 g/mol. The molecule has 0 aliphatic carbocycles. The third-order valence-electron chi connectivity index (χ3n) is 5.29. The van der Waals surface area contributed by atoms with Crippen LogP contribution in [-0.2, 0) is 9.59 Å². The number of anilines is 1. The molecule has 1 unspecified atom stereocenters. The van der Waals surface area contributed by atoms with Crippen LogP contribution in [-0.4, -0.2) is 54.5 Å². The van der Waals surface area contributed by atoms with Gasteiger partial charge < -0.3 is 4.90 Å². The van der Waals surface area contributed by atoms with Gasteiger partial charge in [0.25, 0.3) is 0 Å². The number of para-hydroxylation sites is 1. The lowest BCUT2D eigenvalue weighted by Crippen LogP contribution is -2.51. The molecule has 0 radical (unpaired) electrons. The number of halogens is 1. The number of hydrogen-bond donors (Lipinski definition) is 0. The minimum absolute atomic E-state index is 0.0634. The Morgan fingerprint density at radius 3 is 2.38 bits per heavy atom. The third-order valence-corrected chi connectivity index (χ3v) is 5.29. The van der Waals surface area contributed by atoms with E-state index in [9.17, 15) is 14.0 Å². The highest BCUT2D eigenvalue weighted by Crippen LogP contribution is 2.35. The van der Waals surface area contributed by atoms with Crippen molar-refractivity contribution in [2.24, 2.45) is 5.41 Å². The van der Waals surface area contributed by atoms with E-state index >= 15 is 0 Å². The summed E-state index contributed by atoms with van der Waals surface area (Å²) in [6, 6.07) is 6.77. The van der Waals surface area contributed by atoms with Crippen LogP contribution in [0.4, 0.5) is 10.1 Å². The van der Waals surface area contributed by atoms with Gasteiger partial charge in [0.05, 0.1) is 17.8 Å². The zero-order valence-electron chi connectivity index (χ0n) is 14.3. The fourth-order valence-corrected chi connectivity index (χ4v) is 3.40. The molecule has 2 fully saturated rings. The number of amides is 2. The van der Waals surface area contributed by atoms with Crippen LogP contribution < -0.4 is 4.90 Å². The minimum Gasteiger partial charge on any atom is -0.367 e. The Morgan fingerprint density at radius 1 is 1.12 bits per heavy atom. The number of carbonyl (C=O) groups is 2. The van der Waals surface area contributed by atoms with E-state index in [4.69, 9.17) is 0 Å². The summed E-state index contributed by atoms with van der Waals surface area (Å²) in [5.74, 6) is -0.359. The van der Waals surface area contributed by atoms with Gasteiger partial charge in [-0.25, -0.2) is 4.39 Å². The summed E-state index contributed by atoms with van der Waals surface area (Å²) >= 11 is 0. The molecular formula is C18H24FN3O2. The molecule has 2 aliphatic rings. The van der Waals surface area contributed by atoms with E-state index in [1.165, 1.54) is 11.0 Å². The molecular weight excluding hydrogens is 309 g/mol. The molecule has 2 aliphatic heterocycles. The Morgan fingerprint density at radius 2 is 1.79 bits per heavy atom. The van der Waals surface area contributed by atoms with Gasteiger partial charge in [0.2, 0.25) is 11.8 Å². The van der Waals surface area contributed by atoms with E-state index in [-0.39, 0.29) is 17.6 Å². The maximum Gasteiger partial charge on any atom is 0.236 e. The van der Waals surface area contributed by atoms with Crippen LogP contribution >= 0.6 is 0 Å². The van der Waals surface area contributed by atoms with Gasteiger partial charge in [0.1, 0.15) is 5.82 Å². The largest absolute Gasteiger partial charge is 0.367 e. The lowest BCUT2D eigenvalue weighted by atomic mass is 9.86. The number of nitrogens with zero attached hydrogens (tertiary/aromatic N) is 3. The van der Waals surface area contributed by atoms with Crippen LogP contribution in [0.5, 0.6) is 0 Å². The number of carbonyl (C=O) groups excluding carboxylic acids is 2. The van der Waals surface area contributed by atoms with Gasteiger partial charge in [-0.3, -0.25) is 19.4 Å². The van der Waals surface area contributed by atoms with E-state index in [0.717, 1.165) is 0 Å². The Bertz CT molecular complexity index is 643. The predicted octanol–water partition coefficient (Wildman–Crippen LogP) is 2.08. The SMILES string of the molecule is CCC1(C)CC(=O)N(CN2CCN(c3ccccc3F)CC2)C1=O. The molecule has 1 atom stereocenters. The van der Waals surface area contributed by atoms with E-state index in [2.05, 4.69) is 4.90 Å². The van der Waals surface area contributed by atoms with Crippen LogP contribution in [0.1, 0.15) is 26.7 Å². The number of hydrogen-bond acceptors (Lipinski definition) is 4. The first-order chi connectivity index (χ1) is 11.4. The van der Waals surface area contributed by atoms with Crippen molar-refractivity contribution >= 4 is 17.5 Å². The third kappa shape index (κ3) is 3.02. The second-order valence-electron chi connectivity index (χ2n) is 6.92. The Kier molecular flexibility index (Phi) is 4.58. The van der Waals surface area contributed by atoms with Gasteiger partial charge >= 0.3 is 0 Å². The number of rotatable bonds is 4. The number of imide groups is 1. The summed E-state index contributed by atoms with van der Waals surface area (Å²) in [4.78, 5) is 30.2. The molecule has 0 saturated carbocycles. The van der Waals surface area contributed by atoms with Crippen LogP contribution in [0, 0.1) is 11.2 Å². The summed E-state index contributed by atoms with van der Waals surface area (Å²) in [6.45, 7) is 6.93. The molecule has 1 aromatic carbocycles. The van der Waals surface area contributed by atoms with Gasteiger partial charge in [-0.05, 0) is 18.6 Å². The molecule has 2 amide bonds. The second-order valence-corrected chi connectivity index (χ2v) is 6.92. The molecule has 1 aromatic rings. The average Bonchev–Trinajstić information content (AvgIpc) is 2.80. The van der Waals surface area contributed by atoms with Gasteiger partial charge in [-0.1, -0.05) is 26.0 Å². The Balaban J connectivity index is 1.59. The van der Waals surface area contributed by atoms with Gasteiger partial charge in [0, 0.05) is 32.6 Å². The summed E-state index contributed by atoms with van der Waals surface area (Å²) in [6.07, 6.45) is 0.979. The lowest BCUT2D eigenvalue weighted by Gasteiger charge is -2.37. The average molecular weight is 333 g/mol. The zero-order chi connectivity index (χ0) is 17.3. The van der Waals surface area contributed by atoms with Crippen LogP contribution in [0.15, 0.2) is 24.3 Å². The highest BCUT2D eigenvalue weighted by Gasteiger charge is 2.47. The standard InChI is InChI=1S/C18H24FN3O2/c1-3-18(2)12-16(23)22(17(18)24)13-20-8-10-21(11-9-20)15-7-5-4-6-14(15)19/h4-7H,3,8-13H2,1-2H3. The number of likely N-dealkylation sites (tertiary alicyclic amines) is 1. The first-order valence-electron chi connectivity index (χ1n) is 8.51. The van der Waals surface area contributed by atoms with Crippen molar-refractivity contribution in [2.45, 2.75) is 26.7 Å². The summed E-state index contributed by atoms with van der Waals surface area (Å²) < 4.78 is 13.9. The molecule has 0 N–H and O–H groups in total. The van der Waals surface area contributed by atoms with Crippen molar-refractivity contribution in [1.82, 2.24) is 9.80 Å². The van der Waals surface area contributed by atoms with Crippen molar-refractivity contribution in [3.63, 3.8) is 0 Å². The highest BCUT2D eigenvalue weighted by atomic mass is 19.1. The normalized spacial score (nSPS) is 25.6. The summed E-state index contributed by atoms with van der Waals surface area (Å²) in [7, 11) is 0. The van der Waals surface area contributed by atoms with Crippen LogP contribution in [0.3, 0.4) is 0 Å². The Labute approximate surface area is 142 Å². The minimum atomic E-state index is -0.550. The molecule has 130 valence electrons. The number of benzene rings is 1. The zero-order valence-corrected chi connectivity index (χ0v) is 14.3. The fraction of sp³-hybridized carbons (Fsp3) is 0.556. The van der Waals surface area contributed by atoms with Crippen LogP contribution in [0.2, 0.25) is 0 Å². The van der Waals surface area contributed by atoms with Crippen molar-refractivity contribution in [3.05, 3.63) is 30.1 Å². The van der Waals surface area contributed by atoms with E-state index in [1.807, 2.05) is 24.8 Å². The fourth-order valence-electron chi connectivity index (χ4n) is 3.40. The molecule has 6 heteroatoms. The van der Waals surface area contributed by atoms with Crippen molar-refractivity contribution in [2.75, 3.05) is 37.7 Å². The van der Waals surface area contributed by atoms with Gasteiger partial charge in [-0.15, -0.1) is 0 Å². The highest BCUT2D eigenvalue weighted by molar-refractivity contribution is 6.05. The first kappa shape index (κ1) is 16.9. The molecule has 0 aromatic heterocycles. The predicted molar refractivity (Wildman–Crippen MR) is 89.9 cm³/mol. The molecule has 3 rings (SSSR count). The van der Waals surface area contributed by atoms with Gasteiger partial charge in [-0.2, -0.15) is 0 Å². The number of piperazine rings is 1. The first-order valence-corrected chi connectivity index (χ1v) is 8.51. The molecule has 0 spiro atoms. The van der Waals surface area contributed by atoms with E-state index < -0.39 is 5.41 Å². The molecule has 0 bridgehead atoms. The topological polar surface area (TPSA) is 43.9 Å². The maximum atomic E-state index is 13.9. The lowest BCUT2D eigenvalue weighted by molar-refractivity contribution is -0.143. The summed E-state index contributed by atoms with van der Waals surface area (Å²) in [5, 5.41) is 0. The van der Waals surface area contributed by atoms with Gasteiger partial charge in [0.15, 0.2) is 0 Å². The molecule has 2 heterocycles. The molecule has 2 saturated heterocycles. The molecule has 5 nitrogen and oxygen atoms in total. The quantitative estimate of drug-likeness (QED) is 0.792.